The molecular weight excluding hydrogens is 332 g/mol. The third-order valence-electron chi connectivity index (χ3n) is 3.30. The molecule has 1 aromatic rings. The average Bonchev–Trinajstić information content (AvgIpc) is 3.01. The lowest BCUT2D eigenvalue weighted by atomic mass is 10.2. The summed E-state index contributed by atoms with van der Waals surface area (Å²) in [7, 11) is -3.84. The van der Waals surface area contributed by atoms with Crippen LogP contribution in [0.3, 0.4) is 0 Å². The Balaban J connectivity index is 2.14. The maximum atomic E-state index is 11.9. The average molecular weight is 347 g/mol. The monoisotopic (exact) mass is 346 g/mol. The zero-order valence-electron chi connectivity index (χ0n) is 10.4. The third-order valence-corrected chi connectivity index (χ3v) is 5.21. The van der Waals surface area contributed by atoms with E-state index >= 15 is 0 Å². The number of primary sulfonamides is 1. The van der Waals surface area contributed by atoms with E-state index in [0.717, 1.165) is 6.42 Å². The fourth-order valence-corrected chi connectivity index (χ4v) is 3.43. The van der Waals surface area contributed by atoms with E-state index in [1.807, 2.05) is 0 Å². The zero-order valence-corrected chi connectivity index (χ0v) is 12.8. The molecule has 0 radical (unpaired) electrons. The summed E-state index contributed by atoms with van der Waals surface area (Å²) >= 11 is 3.10. The maximum Gasteiger partial charge on any atom is 0.251 e. The van der Waals surface area contributed by atoms with E-state index in [2.05, 4.69) is 28.2 Å². The molecule has 1 fully saturated rings. The molecule has 2 rings (SSSR count). The van der Waals surface area contributed by atoms with Gasteiger partial charge in [-0.05, 0) is 52.4 Å². The van der Waals surface area contributed by atoms with Crippen molar-refractivity contribution >= 4 is 31.9 Å². The topological polar surface area (TPSA) is 89.3 Å². The Labute approximate surface area is 120 Å². The quantitative estimate of drug-likeness (QED) is 0.865. The Morgan fingerprint density at radius 2 is 2.16 bits per heavy atom. The van der Waals surface area contributed by atoms with E-state index in [-0.39, 0.29) is 10.8 Å². The summed E-state index contributed by atoms with van der Waals surface area (Å²) in [6.45, 7) is 2.76. The predicted octanol–water partition coefficient (Wildman–Crippen LogP) is 1.48. The molecule has 0 aromatic heterocycles. The molecule has 2 atom stereocenters. The zero-order chi connectivity index (χ0) is 14.2. The summed E-state index contributed by atoms with van der Waals surface area (Å²) in [4.78, 5) is 11.8. The number of nitrogens with one attached hydrogen (secondary N) is 1. The maximum absolute atomic E-state index is 11.9. The third kappa shape index (κ3) is 3.55. The van der Waals surface area contributed by atoms with Crippen molar-refractivity contribution in [2.45, 2.75) is 18.2 Å². The number of benzene rings is 1. The van der Waals surface area contributed by atoms with Crippen molar-refractivity contribution in [2.75, 3.05) is 6.54 Å². The van der Waals surface area contributed by atoms with Crippen molar-refractivity contribution < 1.29 is 13.2 Å². The molecule has 0 aliphatic heterocycles. The van der Waals surface area contributed by atoms with Crippen LogP contribution in [0.25, 0.3) is 0 Å². The van der Waals surface area contributed by atoms with E-state index < -0.39 is 10.0 Å². The van der Waals surface area contributed by atoms with E-state index in [9.17, 15) is 13.2 Å². The van der Waals surface area contributed by atoms with Gasteiger partial charge in [-0.3, -0.25) is 4.79 Å². The normalized spacial score (nSPS) is 22.1. The Kier molecular flexibility index (Phi) is 3.98. The highest BCUT2D eigenvalue weighted by molar-refractivity contribution is 9.10. The number of rotatable bonds is 4. The van der Waals surface area contributed by atoms with Crippen LogP contribution in [-0.2, 0) is 10.0 Å². The molecule has 1 aromatic carbocycles. The number of carbonyl (C=O) groups is 1. The van der Waals surface area contributed by atoms with Crippen LogP contribution in [0.2, 0.25) is 0 Å². The van der Waals surface area contributed by atoms with Gasteiger partial charge in [-0.15, -0.1) is 0 Å². The summed E-state index contributed by atoms with van der Waals surface area (Å²) in [5, 5.41) is 7.89. The van der Waals surface area contributed by atoms with Gasteiger partial charge in [0.15, 0.2) is 0 Å². The fraction of sp³-hybridized carbons (Fsp3) is 0.417. The van der Waals surface area contributed by atoms with Crippen LogP contribution in [0, 0.1) is 11.8 Å². The molecular formula is C12H15BrN2O3S. The van der Waals surface area contributed by atoms with Gasteiger partial charge in [-0.2, -0.15) is 0 Å². The molecule has 0 bridgehead atoms. The number of carbonyl (C=O) groups excluding carboxylic acids is 1. The van der Waals surface area contributed by atoms with Crippen molar-refractivity contribution in [3.63, 3.8) is 0 Å². The minimum atomic E-state index is -3.84. The number of hydrogen-bond acceptors (Lipinski definition) is 3. The first-order valence-corrected chi connectivity index (χ1v) is 8.23. The van der Waals surface area contributed by atoms with Crippen molar-refractivity contribution in [3.8, 4) is 0 Å². The molecule has 104 valence electrons. The van der Waals surface area contributed by atoms with Crippen molar-refractivity contribution in [1.29, 1.82) is 0 Å². The second kappa shape index (κ2) is 5.22. The second-order valence-electron chi connectivity index (χ2n) is 4.87. The molecule has 3 N–H and O–H groups in total. The summed E-state index contributed by atoms with van der Waals surface area (Å²) in [6, 6.07) is 4.35. The predicted molar refractivity (Wildman–Crippen MR) is 75.1 cm³/mol. The Morgan fingerprint density at radius 1 is 1.53 bits per heavy atom. The van der Waals surface area contributed by atoms with Crippen molar-refractivity contribution in [2.24, 2.45) is 17.0 Å². The van der Waals surface area contributed by atoms with Gasteiger partial charge in [0.25, 0.3) is 5.91 Å². The lowest BCUT2D eigenvalue weighted by Gasteiger charge is -2.07. The molecule has 5 nitrogen and oxygen atoms in total. The van der Waals surface area contributed by atoms with Gasteiger partial charge in [0, 0.05) is 16.6 Å². The first-order chi connectivity index (χ1) is 8.79. The SMILES string of the molecule is CC1CC1CNC(=O)c1ccc(Br)c(S(N)(=O)=O)c1. The van der Waals surface area contributed by atoms with E-state index in [1.165, 1.54) is 12.1 Å². The minimum absolute atomic E-state index is 0.0834. The van der Waals surface area contributed by atoms with Crippen molar-refractivity contribution in [3.05, 3.63) is 28.2 Å². The number of hydrogen-bond donors (Lipinski definition) is 2. The lowest BCUT2D eigenvalue weighted by molar-refractivity contribution is 0.0951. The highest BCUT2D eigenvalue weighted by atomic mass is 79.9. The highest BCUT2D eigenvalue weighted by Crippen LogP contribution is 2.36. The lowest BCUT2D eigenvalue weighted by Crippen LogP contribution is -2.26. The molecule has 0 heterocycles. The van der Waals surface area contributed by atoms with Gasteiger partial charge in [0.2, 0.25) is 10.0 Å². The van der Waals surface area contributed by atoms with E-state index in [4.69, 9.17) is 5.14 Å². The number of amides is 1. The molecule has 1 amide bonds. The van der Waals surface area contributed by atoms with E-state index in [1.54, 1.807) is 6.07 Å². The summed E-state index contributed by atoms with van der Waals surface area (Å²) in [5.41, 5.74) is 0.292. The second-order valence-corrected chi connectivity index (χ2v) is 7.26. The molecule has 1 aliphatic rings. The van der Waals surface area contributed by atoms with Crippen LogP contribution < -0.4 is 10.5 Å². The summed E-state index contributed by atoms with van der Waals surface area (Å²) < 4.78 is 23.1. The van der Waals surface area contributed by atoms with Gasteiger partial charge in [-0.25, -0.2) is 13.6 Å². The molecule has 2 unspecified atom stereocenters. The molecule has 1 aliphatic carbocycles. The van der Waals surface area contributed by atoms with Crippen LogP contribution in [0.4, 0.5) is 0 Å². The number of nitrogens with two attached hydrogens (primary N) is 1. The Hall–Kier alpha value is -0.920. The van der Waals surface area contributed by atoms with Crippen LogP contribution >= 0.6 is 15.9 Å². The summed E-state index contributed by atoms with van der Waals surface area (Å²) in [6.07, 6.45) is 1.13. The first kappa shape index (κ1) is 14.5. The minimum Gasteiger partial charge on any atom is -0.352 e. The molecule has 0 spiro atoms. The van der Waals surface area contributed by atoms with Crippen LogP contribution in [0.1, 0.15) is 23.7 Å². The number of halogens is 1. The van der Waals surface area contributed by atoms with Gasteiger partial charge < -0.3 is 5.32 Å². The van der Waals surface area contributed by atoms with E-state index in [0.29, 0.717) is 28.4 Å². The Morgan fingerprint density at radius 3 is 2.68 bits per heavy atom. The van der Waals surface area contributed by atoms with Gasteiger partial charge in [-0.1, -0.05) is 6.92 Å². The largest absolute Gasteiger partial charge is 0.352 e. The molecule has 0 saturated heterocycles. The van der Waals surface area contributed by atoms with Crippen LogP contribution in [-0.4, -0.2) is 20.9 Å². The first-order valence-electron chi connectivity index (χ1n) is 5.89. The Bertz CT molecular complexity index is 615. The molecule has 7 heteroatoms. The number of sulfonamides is 1. The van der Waals surface area contributed by atoms with Gasteiger partial charge >= 0.3 is 0 Å². The highest BCUT2D eigenvalue weighted by Gasteiger charge is 2.32. The fourth-order valence-electron chi connectivity index (χ4n) is 1.87. The standard InChI is InChI=1S/C12H15BrN2O3S/c1-7-4-9(7)6-15-12(16)8-2-3-10(13)11(5-8)19(14,17)18/h2-3,5,7,9H,4,6H2,1H3,(H,15,16)(H2,14,17,18). The molecule has 1 saturated carbocycles. The van der Waals surface area contributed by atoms with Crippen LogP contribution in [0.15, 0.2) is 27.6 Å². The molecule has 19 heavy (non-hydrogen) atoms. The van der Waals surface area contributed by atoms with Crippen LogP contribution in [0.5, 0.6) is 0 Å². The smallest absolute Gasteiger partial charge is 0.251 e. The van der Waals surface area contributed by atoms with Gasteiger partial charge in [0.1, 0.15) is 0 Å². The van der Waals surface area contributed by atoms with Crippen molar-refractivity contribution in [1.82, 2.24) is 5.32 Å². The summed E-state index contributed by atoms with van der Waals surface area (Å²) in [5.74, 6) is 0.916. The van der Waals surface area contributed by atoms with Gasteiger partial charge in [0.05, 0.1) is 4.90 Å².